The summed E-state index contributed by atoms with van der Waals surface area (Å²) < 4.78 is 0. The van der Waals surface area contributed by atoms with Crippen LogP contribution in [-0.4, -0.2) is 0 Å². The Labute approximate surface area is 134 Å². The molecule has 0 unspecified atom stereocenters. The molecule has 0 aromatic heterocycles. The van der Waals surface area contributed by atoms with Crippen molar-refractivity contribution < 1.29 is 0 Å². The average Bonchev–Trinajstić information content (AvgIpc) is 2.91. The Morgan fingerprint density at radius 3 is 2.27 bits per heavy atom. The van der Waals surface area contributed by atoms with Gasteiger partial charge in [0, 0.05) is 0 Å². The van der Waals surface area contributed by atoms with Crippen molar-refractivity contribution in [2.45, 2.75) is 40.5 Å². The molecule has 0 radical (unpaired) electrons. The van der Waals surface area contributed by atoms with Gasteiger partial charge in [0.15, 0.2) is 0 Å². The van der Waals surface area contributed by atoms with Gasteiger partial charge in [-0.3, -0.25) is 0 Å². The Morgan fingerprint density at radius 2 is 1.64 bits per heavy atom. The Balaban J connectivity index is 2.18. The molecule has 1 aliphatic rings. The molecule has 0 spiro atoms. The van der Waals surface area contributed by atoms with E-state index in [0.717, 1.165) is 12.8 Å². The number of fused-ring (bicyclic) bond motifs is 1. The normalized spacial score (nSPS) is 13.6. The zero-order valence-electron chi connectivity index (χ0n) is 14.2. The van der Waals surface area contributed by atoms with Gasteiger partial charge in [0.1, 0.15) is 0 Å². The predicted molar refractivity (Wildman–Crippen MR) is 96.9 cm³/mol. The maximum absolute atomic E-state index is 2.45. The summed E-state index contributed by atoms with van der Waals surface area (Å²) in [6.45, 7) is 9.21. The first-order chi connectivity index (χ1) is 10.6. The van der Waals surface area contributed by atoms with Crippen LogP contribution in [0.2, 0.25) is 0 Å². The van der Waals surface area contributed by atoms with E-state index in [1.807, 2.05) is 0 Å². The van der Waals surface area contributed by atoms with Crippen LogP contribution in [0.25, 0.3) is 17.2 Å². The van der Waals surface area contributed by atoms with Crippen LogP contribution in [0.4, 0.5) is 0 Å². The van der Waals surface area contributed by atoms with Gasteiger partial charge in [0.05, 0.1) is 0 Å². The van der Waals surface area contributed by atoms with E-state index in [1.165, 1.54) is 27.8 Å². The number of hydrogen-bond acceptors (Lipinski definition) is 0. The molecule has 22 heavy (non-hydrogen) atoms. The molecule has 0 fully saturated rings. The molecule has 0 heterocycles. The van der Waals surface area contributed by atoms with Gasteiger partial charge in [-0.25, -0.2) is 0 Å². The van der Waals surface area contributed by atoms with Crippen LogP contribution in [0.1, 0.15) is 44.4 Å². The quantitative estimate of drug-likeness (QED) is 0.633. The lowest BCUT2D eigenvalue weighted by Gasteiger charge is -2.16. The monoisotopic (exact) mass is 290 g/mol. The zero-order chi connectivity index (χ0) is 15.7. The molecular formula is C22H26. The van der Waals surface area contributed by atoms with Gasteiger partial charge < -0.3 is 0 Å². The second-order valence-corrected chi connectivity index (χ2v) is 7.19. The van der Waals surface area contributed by atoms with Crippen molar-refractivity contribution in [1.82, 2.24) is 0 Å². The smallest absolute Gasteiger partial charge is 0.00550 e. The summed E-state index contributed by atoms with van der Waals surface area (Å²) in [6, 6.07) is 15.6. The van der Waals surface area contributed by atoms with E-state index < -0.39 is 0 Å². The highest BCUT2D eigenvalue weighted by Crippen LogP contribution is 2.39. The van der Waals surface area contributed by atoms with Gasteiger partial charge in [-0.2, -0.15) is 0 Å². The highest BCUT2D eigenvalue weighted by molar-refractivity contribution is 5.83. The summed E-state index contributed by atoms with van der Waals surface area (Å²) in [5, 5.41) is 0. The molecule has 0 amide bonds. The van der Waals surface area contributed by atoms with E-state index in [9.17, 15) is 0 Å². The number of benzene rings is 2. The van der Waals surface area contributed by atoms with Crippen molar-refractivity contribution in [3.8, 4) is 11.1 Å². The molecule has 2 aromatic rings. The molecule has 1 aliphatic carbocycles. The van der Waals surface area contributed by atoms with Gasteiger partial charge >= 0.3 is 0 Å². The van der Waals surface area contributed by atoms with Crippen LogP contribution in [0.3, 0.4) is 0 Å². The molecule has 0 bridgehead atoms. The number of allylic oxidation sites excluding steroid dienone is 1. The first-order valence-electron chi connectivity index (χ1n) is 8.47. The maximum atomic E-state index is 2.45. The summed E-state index contributed by atoms with van der Waals surface area (Å²) in [7, 11) is 0. The third-order valence-electron chi connectivity index (χ3n) is 4.58. The minimum atomic E-state index is 0.629. The van der Waals surface area contributed by atoms with Crippen LogP contribution in [0.15, 0.2) is 48.0 Å². The van der Waals surface area contributed by atoms with E-state index in [4.69, 9.17) is 0 Å². The molecular weight excluding hydrogens is 264 g/mol. The molecule has 3 rings (SSSR count). The molecule has 0 saturated heterocycles. The first kappa shape index (κ1) is 15.1. The highest BCUT2D eigenvalue weighted by atomic mass is 14.2. The summed E-state index contributed by atoms with van der Waals surface area (Å²) >= 11 is 0. The standard InChI is InChI=1S/C22H26/c1-15(2)12-19-11-10-18-13-20(16(3)4)14-21(18)22(19)17-8-6-5-7-9-17/h5-11,14-16H,12-13H2,1-4H3. The lowest BCUT2D eigenvalue weighted by molar-refractivity contribution is 0.648. The molecule has 2 aromatic carbocycles. The lowest BCUT2D eigenvalue weighted by atomic mass is 9.88. The Hall–Kier alpha value is -1.82. The van der Waals surface area contributed by atoms with Crippen molar-refractivity contribution >= 4 is 6.08 Å². The van der Waals surface area contributed by atoms with Gasteiger partial charge in [-0.05, 0) is 52.5 Å². The molecule has 0 N–H and O–H groups in total. The van der Waals surface area contributed by atoms with Crippen molar-refractivity contribution in [3.63, 3.8) is 0 Å². The fourth-order valence-electron chi connectivity index (χ4n) is 3.41. The van der Waals surface area contributed by atoms with Crippen LogP contribution in [0.5, 0.6) is 0 Å². The predicted octanol–water partition coefficient (Wildman–Crippen LogP) is 6.15. The van der Waals surface area contributed by atoms with Crippen molar-refractivity contribution in [1.29, 1.82) is 0 Å². The SMILES string of the molecule is CC(C)Cc1ccc2c(c1-c1ccccc1)C=C(C(C)C)C2. The van der Waals surface area contributed by atoms with E-state index in [-0.39, 0.29) is 0 Å². The average molecular weight is 290 g/mol. The lowest BCUT2D eigenvalue weighted by Crippen LogP contribution is -2.00. The molecule has 0 nitrogen and oxygen atoms in total. The van der Waals surface area contributed by atoms with E-state index in [2.05, 4.69) is 76.2 Å². The topological polar surface area (TPSA) is 0 Å². The molecule has 0 heteroatoms. The fourth-order valence-corrected chi connectivity index (χ4v) is 3.41. The van der Waals surface area contributed by atoms with Crippen molar-refractivity contribution in [2.75, 3.05) is 0 Å². The van der Waals surface area contributed by atoms with Gasteiger partial charge in [-0.15, -0.1) is 0 Å². The largest absolute Gasteiger partial charge is 0.0626 e. The Morgan fingerprint density at radius 1 is 0.909 bits per heavy atom. The number of rotatable bonds is 4. The van der Waals surface area contributed by atoms with Crippen molar-refractivity contribution in [2.24, 2.45) is 11.8 Å². The maximum Gasteiger partial charge on any atom is -0.00550 e. The van der Waals surface area contributed by atoms with Gasteiger partial charge in [0.25, 0.3) is 0 Å². The van der Waals surface area contributed by atoms with Gasteiger partial charge in [-0.1, -0.05) is 81.8 Å². The van der Waals surface area contributed by atoms with E-state index in [0.29, 0.717) is 11.8 Å². The van der Waals surface area contributed by atoms with Crippen LogP contribution in [-0.2, 0) is 12.8 Å². The van der Waals surface area contributed by atoms with E-state index >= 15 is 0 Å². The summed E-state index contributed by atoms with van der Waals surface area (Å²) in [5.74, 6) is 1.31. The molecule has 114 valence electrons. The molecule has 0 saturated carbocycles. The summed E-state index contributed by atoms with van der Waals surface area (Å²) in [6.07, 6.45) is 4.71. The third-order valence-corrected chi connectivity index (χ3v) is 4.58. The molecule has 0 atom stereocenters. The van der Waals surface area contributed by atoms with Crippen molar-refractivity contribution in [3.05, 3.63) is 64.7 Å². The summed E-state index contributed by atoms with van der Waals surface area (Å²) in [5.41, 5.74) is 8.83. The Bertz CT molecular complexity index is 687. The molecule has 0 aliphatic heterocycles. The summed E-state index contributed by atoms with van der Waals surface area (Å²) in [4.78, 5) is 0. The second kappa shape index (κ2) is 6.12. The fraction of sp³-hybridized carbons (Fsp3) is 0.364. The van der Waals surface area contributed by atoms with E-state index in [1.54, 1.807) is 5.57 Å². The Kier molecular flexibility index (Phi) is 4.20. The second-order valence-electron chi connectivity index (χ2n) is 7.19. The van der Waals surface area contributed by atoms with Crippen LogP contribution >= 0.6 is 0 Å². The minimum absolute atomic E-state index is 0.629. The zero-order valence-corrected chi connectivity index (χ0v) is 14.2. The first-order valence-corrected chi connectivity index (χ1v) is 8.47. The third kappa shape index (κ3) is 2.88. The highest BCUT2D eigenvalue weighted by Gasteiger charge is 2.21. The minimum Gasteiger partial charge on any atom is -0.0626 e. The van der Waals surface area contributed by atoms with Gasteiger partial charge in [0.2, 0.25) is 0 Å². The van der Waals surface area contributed by atoms with Crippen LogP contribution < -0.4 is 0 Å². The van der Waals surface area contributed by atoms with Crippen LogP contribution in [0, 0.1) is 11.8 Å². The number of hydrogen-bond donors (Lipinski definition) is 0.